The van der Waals surface area contributed by atoms with Gasteiger partial charge in [0.25, 0.3) is 0 Å². The predicted molar refractivity (Wildman–Crippen MR) is 79.6 cm³/mol. The minimum atomic E-state index is -0.549. The second-order valence-electron chi connectivity index (χ2n) is 4.28. The van der Waals surface area contributed by atoms with Crippen LogP contribution in [0.2, 0.25) is 0 Å². The third-order valence-electron chi connectivity index (χ3n) is 2.88. The summed E-state index contributed by atoms with van der Waals surface area (Å²) in [6.07, 6.45) is 2.01. The Hall–Kier alpha value is -1.76. The largest absolute Gasteiger partial charge is 0.465 e. The molecule has 0 atom stereocenters. The van der Waals surface area contributed by atoms with E-state index in [0.717, 1.165) is 30.7 Å². The highest BCUT2D eigenvalue weighted by Gasteiger charge is 2.28. The molecule has 0 spiro atoms. The van der Waals surface area contributed by atoms with Crippen LogP contribution in [-0.2, 0) is 9.47 Å². The lowest BCUT2D eigenvalue weighted by Crippen LogP contribution is -2.20. The van der Waals surface area contributed by atoms with Crippen molar-refractivity contribution < 1.29 is 19.1 Å². The van der Waals surface area contributed by atoms with Gasteiger partial charge >= 0.3 is 11.9 Å². The van der Waals surface area contributed by atoms with Crippen molar-refractivity contribution in [2.75, 3.05) is 38.4 Å². The number of carbonyl (C=O) groups is 2. The van der Waals surface area contributed by atoms with Crippen molar-refractivity contribution in [1.29, 1.82) is 0 Å². The molecule has 0 unspecified atom stereocenters. The highest BCUT2D eigenvalue weighted by Crippen LogP contribution is 2.38. The average Bonchev–Trinajstić information content (AvgIpc) is 2.80. The van der Waals surface area contributed by atoms with Gasteiger partial charge in [0.15, 0.2) is 0 Å². The molecule has 1 aromatic heterocycles. The van der Waals surface area contributed by atoms with Crippen molar-refractivity contribution in [2.45, 2.75) is 19.8 Å². The summed E-state index contributed by atoms with van der Waals surface area (Å²) in [5, 5.41) is 0.628. The van der Waals surface area contributed by atoms with Crippen molar-refractivity contribution >= 4 is 34.0 Å². The summed E-state index contributed by atoms with van der Waals surface area (Å²) in [5.41, 5.74) is 6.26. The van der Waals surface area contributed by atoms with Gasteiger partial charge in [-0.3, -0.25) is 0 Å². The third kappa shape index (κ3) is 3.22. The number of methoxy groups -OCH3 is 2. The van der Waals surface area contributed by atoms with Crippen molar-refractivity contribution in [2.24, 2.45) is 0 Å². The molecule has 1 rings (SSSR count). The molecule has 7 heteroatoms. The quantitative estimate of drug-likeness (QED) is 0.811. The number of anilines is 2. The van der Waals surface area contributed by atoms with Crippen molar-refractivity contribution in [3.63, 3.8) is 0 Å². The van der Waals surface area contributed by atoms with Crippen LogP contribution < -0.4 is 10.6 Å². The molecule has 1 aromatic rings. The Labute approximate surface area is 122 Å². The van der Waals surface area contributed by atoms with E-state index in [9.17, 15) is 9.59 Å². The number of nitrogen functional groups attached to an aromatic ring is 1. The lowest BCUT2D eigenvalue weighted by molar-refractivity contribution is 0.0602. The van der Waals surface area contributed by atoms with Crippen LogP contribution >= 0.6 is 11.3 Å². The molecule has 0 radical (unpaired) electrons. The van der Waals surface area contributed by atoms with E-state index in [1.807, 2.05) is 11.9 Å². The lowest BCUT2D eigenvalue weighted by Gasteiger charge is -2.18. The van der Waals surface area contributed by atoms with Gasteiger partial charge in [0, 0.05) is 13.6 Å². The Morgan fingerprint density at radius 2 is 1.85 bits per heavy atom. The van der Waals surface area contributed by atoms with E-state index >= 15 is 0 Å². The van der Waals surface area contributed by atoms with Crippen LogP contribution in [0.4, 0.5) is 10.7 Å². The van der Waals surface area contributed by atoms with E-state index in [2.05, 4.69) is 11.7 Å². The zero-order valence-electron chi connectivity index (χ0n) is 12.2. The molecule has 0 saturated carbocycles. The SMILES string of the molecule is CCCCN(C)c1sc(C(=O)OC)c(N)c1C(=O)OC. The van der Waals surface area contributed by atoms with Crippen LogP contribution in [0.3, 0.4) is 0 Å². The number of carbonyl (C=O) groups excluding carboxylic acids is 2. The molecule has 0 aliphatic heterocycles. The van der Waals surface area contributed by atoms with Gasteiger partial charge in [-0.15, -0.1) is 11.3 Å². The molecule has 0 aliphatic rings. The van der Waals surface area contributed by atoms with E-state index in [1.165, 1.54) is 14.2 Å². The fraction of sp³-hybridized carbons (Fsp3) is 0.538. The molecular formula is C13H20N2O4S. The fourth-order valence-corrected chi connectivity index (χ4v) is 2.86. The van der Waals surface area contributed by atoms with Gasteiger partial charge < -0.3 is 20.1 Å². The van der Waals surface area contributed by atoms with E-state index in [4.69, 9.17) is 10.5 Å². The number of rotatable bonds is 6. The highest BCUT2D eigenvalue weighted by atomic mass is 32.1. The van der Waals surface area contributed by atoms with Crippen LogP contribution in [0, 0.1) is 0 Å². The Morgan fingerprint density at radius 3 is 2.35 bits per heavy atom. The Bertz CT molecular complexity index is 499. The van der Waals surface area contributed by atoms with Crippen LogP contribution in [0.25, 0.3) is 0 Å². The van der Waals surface area contributed by atoms with Crippen molar-refractivity contribution in [1.82, 2.24) is 0 Å². The van der Waals surface area contributed by atoms with Gasteiger partial charge in [-0.2, -0.15) is 0 Å². The van der Waals surface area contributed by atoms with Crippen LogP contribution in [-0.4, -0.2) is 39.8 Å². The molecule has 0 amide bonds. The van der Waals surface area contributed by atoms with Crippen LogP contribution in [0.1, 0.15) is 39.8 Å². The molecule has 1 heterocycles. The first kappa shape index (κ1) is 16.3. The first-order valence-electron chi connectivity index (χ1n) is 6.27. The van der Waals surface area contributed by atoms with E-state index < -0.39 is 11.9 Å². The molecule has 2 N–H and O–H groups in total. The van der Waals surface area contributed by atoms with E-state index in [1.54, 1.807) is 0 Å². The number of ether oxygens (including phenoxy) is 2. The first-order valence-corrected chi connectivity index (χ1v) is 7.09. The molecule has 0 fully saturated rings. The number of hydrogen-bond acceptors (Lipinski definition) is 7. The summed E-state index contributed by atoms with van der Waals surface area (Å²) in [6, 6.07) is 0. The first-order chi connectivity index (χ1) is 9.47. The van der Waals surface area contributed by atoms with Gasteiger partial charge in [-0.05, 0) is 6.42 Å². The monoisotopic (exact) mass is 300 g/mol. The molecule has 20 heavy (non-hydrogen) atoms. The lowest BCUT2D eigenvalue weighted by atomic mass is 10.2. The number of esters is 2. The number of nitrogens with two attached hydrogens (primary N) is 1. The van der Waals surface area contributed by atoms with Crippen molar-refractivity contribution in [3.8, 4) is 0 Å². The van der Waals surface area contributed by atoms with Gasteiger partial charge in [0.05, 0.1) is 19.9 Å². The molecular weight excluding hydrogens is 280 g/mol. The maximum Gasteiger partial charge on any atom is 0.350 e. The van der Waals surface area contributed by atoms with Gasteiger partial charge in [-0.25, -0.2) is 9.59 Å². The van der Waals surface area contributed by atoms with Crippen LogP contribution in [0.15, 0.2) is 0 Å². The number of nitrogens with zero attached hydrogens (tertiary/aromatic N) is 1. The molecule has 6 nitrogen and oxygen atoms in total. The third-order valence-corrected chi connectivity index (χ3v) is 4.18. The Kier molecular flexibility index (Phi) is 5.82. The average molecular weight is 300 g/mol. The molecule has 0 aliphatic carbocycles. The predicted octanol–water partition coefficient (Wildman–Crippen LogP) is 2.14. The Balaban J connectivity index is 3.26. The van der Waals surface area contributed by atoms with Gasteiger partial charge in [0.2, 0.25) is 0 Å². The molecule has 0 saturated heterocycles. The topological polar surface area (TPSA) is 81.9 Å². The summed E-state index contributed by atoms with van der Waals surface area (Å²) in [4.78, 5) is 25.7. The summed E-state index contributed by atoms with van der Waals surface area (Å²) < 4.78 is 9.43. The minimum Gasteiger partial charge on any atom is -0.465 e. The second kappa shape index (κ2) is 7.14. The molecule has 0 aromatic carbocycles. The number of thiophene rings is 1. The maximum absolute atomic E-state index is 11.9. The highest BCUT2D eigenvalue weighted by molar-refractivity contribution is 7.19. The zero-order chi connectivity index (χ0) is 15.3. The number of hydrogen-bond donors (Lipinski definition) is 1. The van der Waals surface area contributed by atoms with E-state index in [-0.39, 0.29) is 16.1 Å². The maximum atomic E-state index is 11.9. The second-order valence-corrected chi connectivity index (χ2v) is 5.28. The summed E-state index contributed by atoms with van der Waals surface area (Å²) in [5.74, 6) is -1.10. The van der Waals surface area contributed by atoms with Crippen molar-refractivity contribution in [3.05, 3.63) is 10.4 Å². The molecule has 112 valence electrons. The summed E-state index contributed by atoms with van der Waals surface area (Å²) in [6.45, 7) is 2.85. The standard InChI is InChI=1S/C13H20N2O4S/c1-5-6-7-15(2)11-8(12(16)18-3)9(14)10(20-11)13(17)19-4/h5-7,14H2,1-4H3. The van der Waals surface area contributed by atoms with E-state index in [0.29, 0.717) is 5.00 Å². The normalized spacial score (nSPS) is 10.2. The van der Waals surface area contributed by atoms with Gasteiger partial charge in [-0.1, -0.05) is 13.3 Å². The smallest absolute Gasteiger partial charge is 0.350 e. The Morgan fingerprint density at radius 1 is 1.25 bits per heavy atom. The van der Waals surface area contributed by atoms with Crippen LogP contribution in [0.5, 0.6) is 0 Å². The van der Waals surface area contributed by atoms with Gasteiger partial charge in [0.1, 0.15) is 15.4 Å². The zero-order valence-corrected chi connectivity index (χ0v) is 13.0. The minimum absolute atomic E-state index is 0.118. The number of unbranched alkanes of at least 4 members (excludes halogenated alkanes) is 1. The summed E-state index contributed by atoms with van der Waals surface area (Å²) >= 11 is 1.15. The molecule has 0 bridgehead atoms. The summed E-state index contributed by atoms with van der Waals surface area (Å²) in [7, 11) is 4.42. The fourth-order valence-electron chi connectivity index (χ4n) is 1.74.